The topological polar surface area (TPSA) is 25.2 Å². The molecule has 1 aromatic heterocycles. The first-order chi connectivity index (χ1) is 7.79. The zero-order chi connectivity index (χ0) is 11.4. The molecule has 80 valence electrons. The minimum absolute atomic E-state index is 0.201. The Bertz CT molecular complexity index is 494. The lowest BCUT2D eigenvalue weighted by atomic mass is 10.1. The van der Waals surface area contributed by atoms with Gasteiger partial charge in [-0.1, -0.05) is 12.0 Å². The Morgan fingerprint density at radius 2 is 2.25 bits per heavy atom. The van der Waals surface area contributed by atoms with Crippen molar-refractivity contribution in [3.63, 3.8) is 0 Å². The Hall–Kier alpha value is -2.14. The Balaban J connectivity index is 2.12. The molecule has 2 aromatic rings. The third kappa shape index (κ3) is 2.26. The molecule has 16 heavy (non-hydrogen) atoms. The highest BCUT2D eigenvalue weighted by molar-refractivity contribution is 5.51. The molecule has 2 rings (SSSR count). The molecule has 0 bridgehead atoms. The van der Waals surface area contributed by atoms with E-state index in [1.165, 1.54) is 0 Å². The van der Waals surface area contributed by atoms with E-state index in [1.807, 2.05) is 30.3 Å². The largest absolute Gasteiger partial charge is 0.472 e. The molecule has 0 fully saturated rings. The summed E-state index contributed by atoms with van der Waals surface area (Å²) in [6.45, 7) is 2.08. The predicted molar refractivity (Wildman–Crippen MR) is 65.1 cm³/mol. The van der Waals surface area contributed by atoms with Crippen LogP contribution in [0, 0.1) is 12.3 Å². The summed E-state index contributed by atoms with van der Waals surface area (Å²) in [6, 6.07) is 9.95. The van der Waals surface area contributed by atoms with Gasteiger partial charge in [0.25, 0.3) is 0 Å². The van der Waals surface area contributed by atoms with Gasteiger partial charge in [0.05, 0.1) is 18.6 Å². The summed E-state index contributed by atoms with van der Waals surface area (Å²) in [7, 11) is 0. The molecule has 1 unspecified atom stereocenters. The molecule has 0 aliphatic carbocycles. The number of hydrogen-bond donors (Lipinski definition) is 1. The van der Waals surface area contributed by atoms with Crippen molar-refractivity contribution in [3.8, 4) is 12.3 Å². The van der Waals surface area contributed by atoms with Crippen LogP contribution in [0.3, 0.4) is 0 Å². The van der Waals surface area contributed by atoms with Crippen LogP contribution in [0.5, 0.6) is 0 Å². The van der Waals surface area contributed by atoms with E-state index in [2.05, 4.69) is 18.2 Å². The molecule has 1 N–H and O–H groups in total. The average molecular weight is 211 g/mol. The highest BCUT2D eigenvalue weighted by atomic mass is 16.3. The number of furan rings is 1. The van der Waals surface area contributed by atoms with E-state index in [0.29, 0.717) is 0 Å². The molecule has 0 radical (unpaired) electrons. The van der Waals surface area contributed by atoms with Crippen LogP contribution in [0.1, 0.15) is 24.1 Å². The normalized spacial score (nSPS) is 11.8. The maximum Gasteiger partial charge on any atom is 0.0955 e. The lowest BCUT2D eigenvalue weighted by molar-refractivity contribution is 0.562. The van der Waals surface area contributed by atoms with Gasteiger partial charge in [0.2, 0.25) is 0 Å². The Morgan fingerprint density at radius 3 is 2.94 bits per heavy atom. The monoisotopic (exact) mass is 211 g/mol. The number of hydrogen-bond acceptors (Lipinski definition) is 2. The molecular weight excluding hydrogens is 198 g/mol. The summed E-state index contributed by atoms with van der Waals surface area (Å²) in [4.78, 5) is 0. The standard InChI is InChI=1S/C14H13NO/c1-3-12-5-4-6-14(9-12)15-11(2)13-7-8-16-10-13/h1,4-11,15H,2H3. The van der Waals surface area contributed by atoms with Gasteiger partial charge < -0.3 is 9.73 Å². The Labute approximate surface area is 95.3 Å². The first-order valence-corrected chi connectivity index (χ1v) is 5.15. The van der Waals surface area contributed by atoms with Crippen LogP contribution in [0.15, 0.2) is 47.3 Å². The molecule has 2 nitrogen and oxygen atoms in total. The van der Waals surface area contributed by atoms with Crippen molar-refractivity contribution in [1.82, 2.24) is 0 Å². The van der Waals surface area contributed by atoms with Crippen LogP contribution in [-0.4, -0.2) is 0 Å². The fourth-order valence-electron chi connectivity index (χ4n) is 1.55. The number of anilines is 1. The van der Waals surface area contributed by atoms with Gasteiger partial charge in [-0.2, -0.15) is 0 Å². The van der Waals surface area contributed by atoms with Crippen molar-refractivity contribution in [2.75, 3.05) is 5.32 Å². The van der Waals surface area contributed by atoms with E-state index in [9.17, 15) is 0 Å². The first kappa shape index (κ1) is 10.4. The quantitative estimate of drug-likeness (QED) is 0.787. The second-order valence-corrected chi connectivity index (χ2v) is 3.65. The van der Waals surface area contributed by atoms with Gasteiger partial charge in [0.15, 0.2) is 0 Å². The third-order valence-corrected chi connectivity index (χ3v) is 2.46. The van der Waals surface area contributed by atoms with Gasteiger partial charge in [0, 0.05) is 16.8 Å². The summed E-state index contributed by atoms with van der Waals surface area (Å²) in [5.41, 5.74) is 3.01. The van der Waals surface area contributed by atoms with Crippen LogP contribution in [0.4, 0.5) is 5.69 Å². The van der Waals surface area contributed by atoms with Crippen LogP contribution in [0.25, 0.3) is 0 Å². The number of terminal acetylenes is 1. The summed E-state index contributed by atoms with van der Waals surface area (Å²) < 4.78 is 5.05. The molecule has 0 amide bonds. The van der Waals surface area contributed by atoms with E-state index in [-0.39, 0.29) is 6.04 Å². The van der Waals surface area contributed by atoms with E-state index in [4.69, 9.17) is 10.8 Å². The maximum absolute atomic E-state index is 5.35. The van der Waals surface area contributed by atoms with E-state index in [1.54, 1.807) is 12.5 Å². The number of nitrogens with one attached hydrogen (secondary N) is 1. The van der Waals surface area contributed by atoms with E-state index >= 15 is 0 Å². The van der Waals surface area contributed by atoms with Gasteiger partial charge in [-0.05, 0) is 31.2 Å². The van der Waals surface area contributed by atoms with Crippen LogP contribution >= 0.6 is 0 Å². The molecule has 1 atom stereocenters. The Morgan fingerprint density at radius 1 is 1.38 bits per heavy atom. The van der Waals surface area contributed by atoms with Crippen LogP contribution < -0.4 is 5.32 Å². The van der Waals surface area contributed by atoms with Crippen molar-refractivity contribution in [3.05, 3.63) is 54.0 Å². The third-order valence-electron chi connectivity index (χ3n) is 2.46. The molecule has 1 heterocycles. The van der Waals surface area contributed by atoms with Crippen molar-refractivity contribution >= 4 is 5.69 Å². The fraction of sp³-hybridized carbons (Fsp3) is 0.143. The molecule has 0 saturated heterocycles. The summed E-state index contributed by atoms with van der Waals surface area (Å²) >= 11 is 0. The minimum atomic E-state index is 0.201. The lowest BCUT2D eigenvalue weighted by Crippen LogP contribution is -2.05. The van der Waals surface area contributed by atoms with E-state index in [0.717, 1.165) is 16.8 Å². The summed E-state index contributed by atoms with van der Waals surface area (Å²) in [5, 5.41) is 3.36. The maximum atomic E-state index is 5.35. The second-order valence-electron chi connectivity index (χ2n) is 3.65. The summed E-state index contributed by atoms with van der Waals surface area (Å²) in [6.07, 6.45) is 8.76. The fourth-order valence-corrected chi connectivity index (χ4v) is 1.55. The lowest BCUT2D eigenvalue weighted by Gasteiger charge is -2.13. The molecule has 0 saturated carbocycles. The molecule has 2 heteroatoms. The highest BCUT2D eigenvalue weighted by Gasteiger charge is 2.06. The molecule has 1 aromatic carbocycles. The van der Waals surface area contributed by atoms with Crippen molar-refractivity contribution < 1.29 is 4.42 Å². The number of rotatable bonds is 3. The Kier molecular flexibility index (Phi) is 2.98. The van der Waals surface area contributed by atoms with Gasteiger partial charge >= 0.3 is 0 Å². The molecule has 0 spiro atoms. The van der Waals surface area contributed by atoms with Crippen molar-refractivity contribution in [2.45, 2.75) is 13.0 Å². The summed E-state index contributed by atoms with van der Waals surface area (Å²) in [5.74, 6) is 2.62. The van der Waals surface area contributed by atoms with Crippen LogP contribution in [0.2, 0.25) is 0 Å². The van der Waals surface area contributed by atoms with E-state index < -0.39 is 0 Å². The minimum Gasteiger partial charge on any atom is -0.472 e. The predicted octanol–water partition coefficient (Wildman–Crippen LogP) is 3.43. The second kappa shape index (κ2) is 4.59. The SMILES string of the molecule is C#Cc1cccc(NC(C)c2ccoc2)c1. The number of benzene rings is 1. The molecule has 0 aliphatic rings. The first-order valence-electron chi connectivity index (χ1n) is 5.15. The highest BCUT2D eigenvalue weighted by Crippen LogP contribution is 2.19. The zero-order valence-corrected chi connectivity index (χ0v) is 9.10. The molecule has 0 aliphatic heterocycles. The van der Waals surface area contributed by atoms with Gasteiger partial charge in [-0.3, -0.25) is 0 Å². The average Bonchev–Trinajstić information content (AvgIpc) is 2.83. The van der Waals surface area contributed by atoms with Crippen molar-refractivity contribution in [2.24, 2.45) is 0 Å². The van der Waals surface area contributed by atoms with Crippen LogP contribution in [-0.2, 0) is 0 Å². The van der Waals surface area contributed by atoms with Gasteiger partial charge in [-0.25, -0.2) is 0 Å². The zero-order valence-electron chi connectivity index (χ0n) is 9.10. The van der Waals surface area contributed by atoms with Gasteiger partial charge in [-0.15, -0.1) is 6.42 Å². The van der Waals surface area contributed by atoms with Crippen molar-refractivity contribution in [1.29, 1.82) is 0 Å². The smallest absolute Gasteiger partial charge is 0.0955 e. The molecular formula is C14H13NO. The van der Waals surface area contributed by atoms with Gasteiger partial charge in [0.1, 0.15) is 0 Å².